The number of rotatable bonds is 3. The van der Waals surface area contributed by atoms with Crippen molar-refractivity contribution in [3.05, 3.63) is 75.8 Å². The normalized spacial score (nSPS) is 34.9. The molecule has 7 heteroatoms. The van der Waals surface area contributed by atoms with Crippen molar-refractivity contribution < 1.29 is 19.1 Å². The van der Waals surface area contributed by atoms with E-state index in [4.69, 9.17) is 21.1 Å². The van der Waals surface area contributed by atoms with Gasteiger partial charge in [0.05, 0.1) is 0 Å². The fraction of sp³-hybridized carbons (Fsp3) is 0.484. The number of aryl methyl sites for hydroxylation is 1. The number of hydrogen-bond donors (Lipinski definition) is 1. The summed E-state index contributed by atoms with van der Waals surface area (Å²) in [7, 11) is 2.21. The summed E-state index contributed by atoms with van der Waals surface area (Å²) in [6.07, 6.45) is 7.28. The summed E-state index contributed by atoms with van der Waals surface area (Å²) in [5, 5.41) is 3.47. The van der Waals surface area contributed by atoms with Crippen molar-refractivity contribution in [2.75, 3.05) is 13.6 Å². The van der Waals surface area contributed by atoms with Crippen LogP contribution in [0.25, 0.3) is 0 Å². The summed E-state index contributed by atoms with van der Waals surface area (Å²) in [5.41, 5.74) is 3.04. The molecule has 2 aliphatic heterocycles. The van der Waals surface area contributed by atoms with Crippen molar-refractivity contribution in [2.45, 2.75) is 74.7 Å². The van der Waals surface area contributed by atoms with Crippen molar-refractivity contribution in [2.24, 2.45) is 5.92 Å². The Balaban J connectivity index is 1.23. The molecule has 6 atom stereocenters. The van der Waals surface area contributed by atoms with E-state index < -0.39 is 17.7 Å². The van der Waals surface area contributed by atoms with Crippen molar-refractivity contribution in [1.29, 1.82) is 0 Å². The summed E-state index contributed by atoms with van der Waals surface area (Å²) < 4.78 is 12.9. The fourth-order valence-electron chi connectivity index (χ4n) is 8.12. The molecule has 2 fully saturated rings. The molecule has 5 aliphatic rings. The number of hydrogen-bond acceptors (Lipinski definition) is 5. The second-order valence-electron chi connectivity index (χ2n) is 11.7. The molecular weight excluding hydrogens is 500 g/mol. The molecule has 2 heterocycles. The lowest BCUT2D eigenvalue weighted by molar-refractivity contribution is -0.128. The van der Waals surface area contributed by atoms with E-state index in [2.05, 4.69) is 42.4 Å². The van der Waals surface area contributed by atoms with Crippen LogP contribution < -0.4 is 10.1 Å². The van der Waals surface area contributed by atoms with Gasteiger partial charge in [0, 0.05) is 39.9 Å². The van der Waals surface area contributed by atoms with Crippen LogP contribution in [0.4, 0.5) is 4.79 Å². The van der Waals surface area contributed by atoms with Crippen molar-refractivity contribution in [3.63, 3.8) is 0 Å². The molecule has 198 valence electrons. The second-order valence-corrected chi connectivity index (χ2v) is 12.2. The Bertz CT molecular complexity index is 1370. The average molecular weight is 533 g/mol. The number of likely N-dealkylation sites (N-methyl/N-ethyl adjacent to an activating group) is 1. The van der Waals surface area contributed by atoms with Crippen LogP contribution in [-0.4, -0.2) is 48.6 Å². The zero-order chi connectivity index (χ0) is 26.2. The first kappa shape index (κ1) is 24.2. The molecule has 1 unspecified atom stereocenters. The molecule has 2 aromatic rings. The van der Waals surface area contributed by atoms with Gasteiger partial charge in [0.25, 0.3) is 0 Å². The lowest BCUT2D eigenvalue weighted by Crippen LogP contribution is -2.65. The first-order chi connectivity index (χ1) is 18.3. The Morgan fingerprint density at radius 3 is 2.82 bits per heavy atom. The molecule has 38 heavy (non-hydrogen) atoms. The highest BCUT2D eigenvalue weighted by Gasteiger charge is 2.64. The number of amides is 1. The van der Waals surface area contributed by atoms with Gasteiger partial charge in [0.15, 0.2) is 11.9 Å². The van der Waals surface area contributed by atoms with Crippen LogP contribution in [0.1, 0.15) is 54.4 Å². The predicted molar refractivity (Wildman–Crippen MR) is 145 cm³/mol. The van der Waals surface area contributed by atoms with Gasteiger partial charge in [-0.05, 0) is 75.9 Å². The van der Waals surface area contributed by atoms with Crippen LogP contribution in [0.15, 0.2) is 48.6 Å². The molecule has 1 saturated carbocycles. The van der Waals surface area contributed by atoms with E-state index in [9.17, 15) is 9.59 Å². The highest BCUT2D eigenvalue weighted by Crippen LogP contribution is 2.61. The molecule has 1 amide bonds. The minimum atomic E-state index is -1.18. The minimum Gasteiger partial charge on any atom is -0.485 e. The van der Waals surface area contributed by atoms with Crippen LogP contribution in [0.5, 0.6) is 5.75 Å². The number of nitrogens with one attached hydrogen (secondary N) is 1. The number of likely N-dealkylation sites (tertiary alicyclic amines) is 1. The van der Waals surface area contributed by atoms with Gasteiger partial charge in [-0.15, -0.1) is 0 Å². The number of carbonyl (C=O) groups is 2. The van der Waals surface area contributed by atoms with E-state index in [0.29, 0.717) is 35.4 Å². The molecule has 3 aliphatic carbocycles. The molecule has 7 rings (SSSR count). The molecule has 1 spiro atoms. The number of halogens is 1. The number of ketones is 1. The zero-order valence-corrected chi connectivity index (χ0v) is 22.6. The van der Waals surface area contributed by atoms with Crippen molar-refractivity contribution in [1.82, 2.24) is 10.2 Å². The molecule has 0 radical (unpaired) electrons. The topological polar surface area (TPSA) is 67.9 Å². The number of piperidine rings is 1. The summed E-state index contributed by atoms with van der Waals surface area (Å²) >= 11 is 6.55. The third-order valence-corrected chi connectivity index (χ3v) is 10.3. The van der Waals surface area contributed by atoms with E-state index >= 15 is 0 Å². The van der Waals surface area contributed by atoms with E-state index in [1.807, 2.05) is 24.3 Å². The Morgan fingerprint density at radius 1 is 1.16 bits per heavy atom. The highest BCUT2D eigenvalue weighted by atomic mass is 35.5. The van der Waals surface area contributed by atoms with E-state index in [0.717, 1.165) is 43.5 Å². The van der Waals surface area contributed by atoms with Crippen LogP contribution in [-0.2, 0) is 26.9 Å². The maximum absolute atomic E-state index is 13.6. The third kappa shape index (κ3) is 3.23. The van der Waals surface area contributed by atoms with E-state index in [-0.39, 0.29) is 17.3 Å². The molecule has 0 aromatic heterocycles. The number of carbonyl (C=O) groups excluding carboxylic acids is 2. The van der Waals surface area contributed by atoms with Gasteiger partial charge in [-0.1, -0.05) is 48.0 Å². The van der Waals surface area contributed by atoms with Crippen LogP contribution in [0.2, 0.25) is 5.02 Å². The van der Waals surface area contributed by atoms with Crippen molar-refractivity contribution >= 4 is 23.5 Å². The summed E-state index contributed by atoms with van der Waals surface area (Å²) in [6.45, 7) is 3.07. The highest BCUT2D eigenvalue weighted by molar-refractivity contribution is 6.31. The first-order valence-corrected chi connectivity index (χ1v) is 14.2. The SMILES string of the molecule is Cc1ccc2c3c1O[C@H]1[C@@H](OC(=O)NC4(c5ccccc5Cl)CCCCC4=O)C=C[C@H]4[C@H](C2)N(C)CC[C@@]341. The lowest BCUT2D eigenvalue weighted by Gasteiger charge is -2.56. The quantitative estimate of drug-likeness (QED) is 0.548. The van der Waals surface area contributed by atoms with Gasteiger partial charge in [-0.25, -0.2) is 4.79 Å². The Labute approximate surface area is 228 Å². The Morgan fingerprint density at radius 2 is 2.00 bits per heavy atom. The van der Waals surface area contributed by atoms with Gasteiger partial charge in [-0.2, -0.15) is 0 Å². The Hall–Kier alpha value is -2.83. The van der Waals surface area contributed by atoms with Crippen LogP contribution in [0.3, 0.4) is 0 Å². The average Bonchev–Trinajstić information content (AvgIpc) is 3.26. The molecular formula is C31H33ClN2O4. The lowest BCUT2D eigenvalue weighted by atomic mass is 9.53. The number of benzene rings is 2. The molecule has 1 N–H and O–H groups in total. The maximum Gasteiger partial charge on any atom is 0.408 e. The molecule has 6 nitrogen and oxygen atoms in total. The van der Waals surface area contributed by atoms with Gasteiger partial charge in [0.2, 0.25) is 0 Å². The fourth-order valence-corrected chi connectivity index (χ4v) is 8.41. The van der Waals surface area contributed by atoms with E-state index in [1.54, 1.807) is 6.07 Å². The first-order valence-electron chi connectivity index (χ1n) is 13.8. The summed E-state index contributed by atoms with van der Waals surface area (Å²) in [6, 6.07) is 12.1. The van der Waals surface area contributed by atoms with E-state index in [1.165, 1.54) is 11.1 Å². The standard InChI is InChI=1S/C31H33ClN2O4/c1-18-10-11-19-17-23-21-12-13-24(28-30(21,15-16-34(23)2)26(19)27(18)38-28)37-29(36)33-31(14-6-5-9-25(31)35)20-7-3-4-8-22(20)32/h3-4,7-8,10-13,21,23-24,28H,5-6,9,14-17H2,1-2H3,(H,33,36)/t21-,23-,24-,28-,30-,31?/m0/s1. The minimum absolute atomic E-state index is 0.0260. The summed E-state index contributed by atoms with van der Waals surface area (Å²) in [5.74, 6) is 1.24. The molecule has 2 aromatic carbocycles. The van der Waals surface area contributed by atoms with Crippen LogP contribution in [0, 0.1) is 12.8 Å². The largest absolute Gasteiger partial charge is 0.485 e. The smallest absolute Gasteiger partial charge is 0.408 e. The Kier molecular flexibility index (Phi) is 5.47. The summed E-state index contributed by atoms with van der Waals surface area (Å²) in [4.78, 5) is 29.4. The predicted octanol–water partition coefficient (Wildman–Crippen LogP) is 5.23. The van der Waals surface area contributed by atoms with Gasteiger partial charge >= 0.3 is 6.09 Å². The van der Waals surface area contributed by atoms with Gasteiger partial charge in [-0.3, -0.25) is 4.79 Å². The number of alkyl carbamates (subject to hydrolysis) is 1. The number of nitrogens with zero attached hydrogens (tertiary/aromatic N) is 1. The number of Topliss-reactive ketones (excluding diaryl/α,β-unsaturated/α-hetero) is 1. The second kappa shape index (κ2) is 8.59. The number of ether oxygens (including phenoxy) is 2. The monoisotopic (exact) mass is 532 g/mol. The zero-order valence-electron chi connectivity index (χ0n) is 21.8. The van der Waals surface area contributed by atoms with Gasteiger partial charge in [0.1, 0.15) is 17.4 Å². The third-order valence-electron chi connectivity index (χ3n) is 9.92. The molecule has 2 bridgehead atoms. The maximum atomic E-state index is 13.6. The van der Waals surface area contributed by atoms with Crippen LogP contribution >= 0.6 is 11.6 Å². The van der Waals surface area contributed by atoms with Gasteiger partial charge < -0.3 is 19.7 Å². The molecule has 1 saturated heterocycles. The van der Waals surface area contributed by atoms with Crippen molar-refractivity contribution in [3.8, 4) is 5.75 Å².